The minimum absolute atomic E-state index is 0.00959. The smallest absolute Gasteiger partial charge is 0.352 e. The lowest BCUT2D eigenvalue weighted by atomic mass is 10.1. The standard InChI is InChI=1S/C9H10N2O4S/c1-4(12)10-6-7(13)11-5(9(14)15)2-3-16-8(6)11/h2,6,8H,3H2,1H3,(H,10,12)(H,14,15). The Bertz CT molecular complexity index is 406. The molecule has 1 fully saturated rings. The first kappa shape index (κ1) is 11.0. The minimum Gasteiger partial charge on any atom is -0.477 e. The van der Waals surface area contributed by atoms with E-state index in [1.165, 1.54) is 29.7 Å². The number of nitrogens with one attached hydrogen (secondary N) is 1. The van der Waals surface area contributed by atoms with Crippen LogP contribution in [0.15, 0.2) is 11.8 Å². The highest BCUT2D eigenvalue weighted by Crippen LogP contribution is 2.37. The first-order valence-electron chi connectivity index (χ1n) is 4.67. The molecule has 2 amide bonds. The summed E-state index contributed by atoms with van der Waals surface area (Å²) in [5, 5.41) is 11.1. The summed E-state index contributed by atoms with van der Waals surface area (Å²) in [6.45, 7) is 1.33. The molecule has 2 rings (SSSR count). The van der Waals surface area contributed by atoms with Gasteiger partial charge in [0.2, 0.25) is 5.91 Å². The zero-order valence-corrected chi connectivity index (χ0v) is 9.28. The van der Waals surface area contributed by atoms with E-state index in [-0.39, 0.29) is 22.9 Å². The lowest BCUT2D eigenvalue weighted by Gasteiger charge is -2.48. The van der Waals surface area contributed by atoms with Crippen LogP contribution in [0.3, 0.4) is 0 Å². The number of hydrogen-bond donors (Lipinski definition) is 2. The second kappa shape index (κ2) is 3.82. The molecule has 16 heavy (non-hydrogen) atoms. The number of hydrogen-bond acceptors (Lipinski definition) is 4. The summed E-state index contributed by atoms with van der Waals surface area (Å²) in [5.41, 5.74) is 0.00959. The summed E-state index contributed by atoms with van der Waals surface area (Å²) in [6, 6.07) is -0.592. The Morgan fingerprint density at radius 3 is 2.88 bits per heavy atom. The Morgan fingerprint density at radius 2 is 2.31 bits per heavy atom. The highest BCUT2D eigenvalue weighted by Gasteiger charge is 2.52. The molecule has 2 N–H and O–H groups in total. The second-order valence-electron chi connectivity index (χ2n) is 3.50. The molecule has 0 saturated carbocycles. The summed E-state index contributed by atoms with van der Waals surface area (Å²) in [5.74, 6) is -1.22. The van der Waals surface area contributed by atoms with Gasteiger partial charge < -0.3 is 10.4 Å². The van der Waals surface area contributed by atoms with Gasteiger partial charge in [-0.3, -0.25) is 14.5 Å². The molecule has 0 aromatic heterocycles. The van der Waals surface area contributed by atoms with E-state index in [9.17, 15) is 14.4 Å². The average molecular weight is 242 g/mol. The fourth-order valence-corrected chi connectivity index (χ4v) is 2.95. The molecule has 7 heteroatoms. The lowest BCUT2D eigenvalue weighted by Crippen LogP contribution is -2.70. The van der Waals surface area contributed by atoms with Crippen LogP contribution in [0.2, 0.25) is 0 Å². The molecule has 2 heterocycles. The van der Waals surface area contributed by atoms with Crippen molar-refractivity contribution >= 4 is 29.5 Å². The Balaban J connectivity index is 2.16. The number of fused-ring (bicyclic) bond motifs is 1. The number of aliphatic carboxylic acids is 1. The molecule has 2 unspecified atom stereocenters. The molecule has 0 aromatic rings. The van der Waals surface area contributed by atoms with Crippen molar-refractivity contribution in [2.75, 3.05) is 5.75 Å². The third kappa shape index (κ3) is 1.57. The van der Waals surface area contributed by atoms with Crippen LogP contribution in [0.5, 0.6) is 0 Å². The quantitative estimate of drug-likeness (QED) is 0.630. The fourth-order valence-electron chi connectivity index (χ4n) is 1.76. The predicted octanol–water partition coefficient (Wildman–Crippen LogP) is -0.625. The van der Waals surface area contributed by atoms with Gasteiger partial charge in [0.1, 0.15) is 17.1 Å². The van der Waals surface area contributed by atoms with Gasteiger partial charge in [0.15, 0.2) is 0 Å². The maximum atomic E-state index is 11.6. The summed E-state index contributed by atoms with van der Waals surface area (Å²) in [7, 11) is 0. The average Bonchev–Trinajstić information content (AvgIpc) is 2.24. The SMILES string of the molecule is CC(=O)NC1C(=O)N2C(C(=O)O)=CCSC12. The summed E-state index contributed by atoms with van der Waals surface area (Å²) >= 11 is 1.44. The number of β-lactam (4-membered cyclic amide) rings is 1. The van der Waals surface area contributed by atoms with Gasteiger partial charge in [-0.2, -0.15) is 0 Å². The van der Waals surface area contributed by atoms with E-state index in [1.54, 1.807) is 0 Å². The van der Waals surface area contributed by atoms with Crippen molar-refractivity contribution in [1.29, 1.82) is 0 Å². The van der Waals surface area contributed by atoms with Gasteiger partial charge in [0.25, 0.3) is 5.91 Å². The van der Waals surface area contributed by atoms with Crippen molar-refractivity contribution in [3.05, 3.63) is 11.8 Å². The van der Waals surface area contributed by atoms with Crippen LogP contribution in [-0.2, 0) is 14.4 Å². The van der Waals surface area contributed by atoms with E-state index >= 15 is 0 Å². The monoisotopic (exact) mass is 242 g/mol. The van der Waals surface area contributed by atoms with Crippen LogP contribution in [0.1, 0.15) is 6.92 Å². The number of nitrogens with zero attached hydrogens (tertiary/aromatic N) is 1. The van der Waals surface area contributed by atoms with E-state index in [2.05, 4.69) is 5.32 Å². The van der Waals surface area contributed by atoms with Crippen LogP contribution in [0, 0.1) is 0 Å². The van der Waals surface area contributed by atoms with Gasteiger partial charge in [0.05, 0.1) is 0 Å². The maximum Gasteiger partial charge on any atom is 0.352 e. The van der Waals surface area contributed by atoms with Gasteiger partial charge in [-0.25, -0.2) is 4.79 Å². The van der Waals surface area contributed by atoms with E-state index < -0.39 is 12.0 Å². The molecule has 1 saturated heterocycles. The van der Waals surface area contributed by atoms with Gasteiger partial charge in [-0.1, -0.05) is 0 Å². The number of carboxylic acids is 1. The van der Waals surface area contributed by atoms with Crippen LogP contribution in [0.25, 0.3) is 0 Å². The Morgan fingerprint density at radius 1 is 1.62 bits per heavy atom. The van der Waals surface area contributed by atoms with Crippen LogP contribution >= 0.6 is 11.8 Å². The highest BCUT2D eigenvalue weighted by molar-refractivity contribution is 8.00. The largest absolute Gasteiger partial charge is 0.477 e. The van der Waals surface area contributed by atoms with Crippen molar-refractivity contribution in [2.24, 2.45) is 0 Å². The molecule has 86 valence electrons. The number of amides is 2. The number of carbonyl (C=O) groups is 3. The molecule has 2 aliphatic rings. The van der Waals surface area contributed by atoms with Crippen molar-refractivity contribution < 1.29 is 19.5 Å². The lowest BCUT2D eigenvalue weighted by molar-refractivity contribution is -0.150. The third-order valence-corrected chi connectivity index (χ3v) is 3.61. The van der Waals surface area contributed by atoms with Gasteiger partial charge in [0, 0.05) is 12.7 Å². The van der Waals surface area contributed by atoms with Gasteiger partial charge in [-0.15, -0.1) is 11.8 Å². The van der Waals surface area contributed by atoms with Crippen LogP contribution in [0.4, 0.5) is 0 Å². The maximum absolute atomic E-state index is 11.6. The van der Waals surface area contributed by atoms with Gasteiger partial charge >= 0.3 is 5.97 Å². The molecule has 0 radical (unpaired) electrons. The molecule has 6 nitrogen and oxygen atoms in total. The third-order valence-electron chi connectivity index (χ3n) is 2.42. The topological polar surface area (TPSA) is 86.7 Å². The summed E-state index contributed by atoms with van der Waals surface area (Å²) in [6.07, 6.45) is 1.51. The number of rotatable bonds is 2. The minimum atomic E-state index is -1.11. The first-order chi connectivity index (χ1) is 7.52. The van der Waals surface area contributed by atoms with Crippen molar-refractivity contribution in [3.8, 4) is 0 Å². The zero-order chi connectivity index (χ0) is 11.9. The highest BCUT2D eigenvalue weighted by atomic mass is 32.2. The summed E-state index contributed by atoms with van der Waals surface area (Å²) < 4.78 is 0. The van der Waals surface area contributed by atoms with E-state index in [0.29, 0.717) is 5.75 Å². The van der Waals surface area contributed by atoms with E-state index in [0.717, 1.165) is 0 Å². The molecule has 0 aliphatic carbocycles. The number of carboxylic acid groups (broad SMARTS) is 1. The zero-order valence-electron chi connectivity index (χ0n) is 8.47. The summed E-state index contributed by atoms with van der Waals surface area (Å²) in [4.78, 5) is 34.6. The Kier molecular flexibility index (Phi) is 2.63. The van der Waals surface area contributed by atoms with Crippen molar-refractivity contribution in [3.63, 3.8) is 0 Å². The van der Waals surface area contributed by atoms with Crippen molar-refractivity contribution in [2.45, 2.75) is 18.3 Å². The van der Waals surface area contributed by atoms with Crippen LogP contribution < -0.4 is 5.32 Å². The van der Waals surface area contributed by atoms with Crippen molar-refractivity contribution in [1.82, 2.24) is 10.2 Å². The van der Waals surface area contributed by atoms with E-state index in [1.807, 2.05) is 0 Å². The normalized spacial score (nSPS) is 27.7. The Hall–Kier alpha value is -1.50. The molecule has 0 aromatic carbocycles. The number of thioether (sulfide) groups is 1. The molecule has 0 bridgehead atoms. The van der Waals surface area contributed by atoms with Crippen LogP contribution in [-0.4, -0.2) is 45.0 Å². The Labute approximate surface area is 95.7 Å². The first-order valence-corrected chi connectivity index (χ1v) is 5.72. The predicted molar refractivity (Wildman–Crippen MR) is 56.4 cm³/mol. The molecular weight excluding hydrogens is 232 g/mol. The number of carbonyl (C=O) groups excluding carboxylic acids is 2. The molecule has 0 spiro atoms. The fraction of sp³-hybridized carbons (Fsp3) is 0.444. The van der Waals surface area contributed by atoms with E-state index in [4.69, 9.17) is 5.11 Å². The molecular formula is C9H10N2O4S. The molecule has 2 atom stereocenters. The molecule has 2 aliphatic heterocycles. The second-order valence-corrected chi connectivity index (χ2v) is 4.65. The van der Waals surface area contributed by atoms with Gasteiger partial charge in [-0.05, 0) is 6.08 Å².